The van der Waals surface area contributed by atoms with E-state index in [9.17, 15) is 9.59 Å². The first-order chi connectivity index (χ1) is 14.2. The second-order valence-corrected chi connectivity index (χ2v) is 7.10. The summed E-state index contributed by atoms with van der Waals surface area (Å²) in [4.78, 5) is 26.7. The van der Waals surface area contributed by atoms with Crippen molar-refractivity contribution in [3.8, 4) is 0 Å². The quantitative estimate of drug-likeness (QED) is 0.668. The first kappa shape index (κ1) is 18.8. The lowest BCUT2D eigenvalue weighted by Gasteiger charge is -2.18. The van der Waals surface area contributed by atoms with E-state index in [1.54, 1.807) is 0 Å². The lowest BCUT2D eigenvalue weighted by atomic mass is 10.1. The third-order valence-electron chi connectivity index (χ3n) is 5.00. The Bertz CT molecular complexity index is 974. The van der Waals surface area contributed by atoms with Crippen LogP contribution < -0.4 is 5.32 Å². The van der Waals surface area contributed by atoms with Gasteiger partial charge < -0.3 is 10.2 Å². The van der Waals surface area contributed by atoms with Crippen LogP contribution in [0, 0.1) is 0 Å². The SMILES string of the molecule is O=C(Nc1cccc(CN2CCCC2=O)c1)C(Cc1ccccc1)n1cnnn1. The van der Waals surface area contributed by atoms with Gasteiger partial charge in [-0.2, -0.15) is 0 Å². The maximum atomic E-state index is 13.0. The fourth-order valence-corrected chi connectivity index (χ4v) is 3.52. The van der Waals surface area contributed by atoms with E-state index in [1.807, 2.05) is 59.5 Å². The number of hydrogen-bond acceptors (Lipinski definition) is 5. The van der Waals surface area contributed by atoms with E-state index in [2.05, 4.69) is 20.8 Å². The molecular weight excluding hydrogens is 368 g/mol. The highest BCUT2D eigenvalue weighted by Gasteiger charge is 2.23. The van der Waals surface area contributed by atoms with Crippen molar-refractivity contribution in [1.82, 2.24) is 25.1 Å². The molecule has 1 aliphatic heterocycles. The van der Waals surface area contributed by atoms with E-state index in [1.165, 1.54) is 11.0 Å². The Labute approximate surface area is 168 Å². The molecule has 1 aromatic heterocycles. The Morgan fingerprint density at radius 1 is 1.10 bits per heavy atom. The molecule has 8 nitrogen and oxygen atoms in total. The van der Waals surface area contributed by atoms with Crippen LogP contribution >= 0.6 is 0 Å². The maximum absolute atomic E-state index is 13.0. The monoisotopic (exact) mass is 390 g/mol. The van der Waals surface area contributed by atoms with Crippen LogP contribution in [0.25, 0.3) is 0 Å². The van der Waals surface area contributed by atoms with Gasteiger partial charge in [-0.1, -0.05) is 42.5 Å². The molecule has 0 spiro atoms. The van der Waals surface area contributed by atoms with Crippen LogP contribution in [0.1, 0.15) is 30.0 Å². The smallest absolute Gasteiger partial charge is 0.249 e. The molecule has 0 aliphatic carbocycles. The molecule has 148 valence electrons. The zero-order chi connectivity index (χ0) is 20.1. The number of aromatic nitrogens is 4. The number of tetrazole rings is 1. The van der Waals surface area contributed by atoms with Crippen molar-refractivity contribution in [1.29, 1.82) is 0 Å². The van der Waals surface area contributed by atoms with Crippen LogP contribution in [0.4, 0.5) is 5.69 Å². The average molecular weight is 390 g/mol. The Balaban J connectivity index is 1.48. The molecule has 1 atom stereocenters. The molecule has 8 heteroatoms. The molecule has 0 radical (unpaired) electrons. The summed E-state index contributed by atoms with van der Waals surface area (Å²) in [6.07, 6.45) is 3.44. The summed E-state index contributed by atoms with van der Waals surface area (Å²) >= 11 is 0. The van der Waals surface area contributed by atoms with Crippen LogP contribution in [0.5, 0.6) is 0 Å². The number of anilines is 1. The third-order valence-corrected chi connectivity index (χ3v) is 5.00. The van der Waals surface area contributed by atoms with Gasteiger partial charge in [0.05, 0.1) is 0 Å². The van der Waals surface area contributed by atoms with Gasteiger partial charge in [0.1, 0.15) is 12.4 Å². The molecule has 1 aliphatic rings. The van der Waals surface area contributed by atoms with Crippen molar-refractivity contribution in [2.75, 3.05) is 11.9 Å². The fraction of sp³-hybridized carbons (Fsp3) is 0.286. The molecule has 29 heavy (non-hydrogen) atoms. The molecule has 1 unspecified atom stereocenters. The lowest BCUT2D eigenvalue weighted by Crippen LogP contribution is -2.28. The van der Waals surface area contributed by atoms with Crippen molar-refractivity contribution in [3.05, 3.63) is 72.1 Å². The molecule has 1 fully saturated rings. The number of benzene rings is 2. The largest absolute Gasteiger partial charge is 0.338 e. The Hall–Kier alpha value is -3.55. The van der Waals surface area contributed by atoms with Gasteiger partial charge in [-0.15, -0.1) is 5.10 Å². The molecule has 3 aromatic rings. The van der Waals surface area contributed by atoms with Crippen molar-refractivity contribution in [2.24, 2.45) is 0 Å². The zero-order valence-electron chi connectivity index (χ0n) is 15.9. The van der Waals surface area contributed by atoms with Gasteiger partial charge in [0.15, 0.2) is 0 Å². The minimum Gasteiger partial charge on any atom is -0.338 e. The van der Waals surface area contributed by atoms with Gasteiger partial charge in [0.25, 0.3) is 0 Å². The van der Waals surface area contributed by atoms with Crippen molar-refractivity contribution < 1.29 is 9.59 Å². The highest BCUT2D eigenvalue weighted by atomic mass is 16.2. The van der Waals surface area contributed by atoms with Crippen LogP contribution in [-0.4, -0.2) is 43.5 Å². The number of rotatable bonds is 7. The van der Waals surface area contributed by atoms with E-state index in [-0.39, 0.29) is 11.8 Å². The maximum Gasteiger partial charge on any atom is 0.249 e. The molecule has 1 saturated heterocycles. The van der Waals surface area contributed by atoms with Crippen molar-refractivity contribution in [2.45, 2.75) is 31.8 Å². The first-order valence-electron chi connectivity index (χ1n) is 9.63. The average Bonchev–Trinajstić information content (AvgIpc) is 3.40. The zero-order valence-corrected chi connectivity index (χ0v) is 15.9. The summed E-state index contributed by atoms with van der Waals surface area (Å²) in [7, 11) is 0. The number of nitrogens with zero attached hydrogens (tertiary/aromatic N) is 5. The standard InChI is InChI=1S/C21H22N6O2/c28-20-10-5-11-26(20)14-17-8-4-9-18(12-17)23-21(29)19(27-15-22-24-25-27)13-16-6-2-1-3-7-16/h1-4,6-9,12,15,19H,5,10-11,13-14H2,(H,23,29). The number of carbonyl (C=O) groups excluding carboxylic acids is 2. The molecule has 2 heterocycles. The van der Waals surface area contributed by atoms with Crippen LogP contribution in [0.2, 0.25) is 0 Å². The molecule has 2 aromatic carbocycles. The second-order valence-electron chi connectivity index (χ2n) is 7.10. The van der Waals surface area contributed by atoms with Crippen LogP contribution in [0.15, 0.2) is 60.9 Å². The summed E-state index contributed by atoms with van der Waals surface area (Å²) in [6, 6.07) is 16.8. The topological polar surface area (TPSA) is 93.0 Å². The van der Waals surface area contributed by atoms with Gasteiger partial charge >= 0.3 is 0 Å². The van der Waals surface area contributed by atoms with Crippen molar-refractivity contribution >= 4 is 17.5 Å². The van der Waals surface area contributed by atoms with E-state index in [0.717, 1.165) is 24.1 Å². The van der Waals surface area contributed by atoms with Gasteiger partial charge in [-0.05, 0) is 40.1 Å². The predicted molar refractivity (Wildman–Crippen MR) is 107 cm³/mol. The van der Waals surface area contributed by atoms with Gasteiger partial charge in [0, 0.05) is 31.6 Å². The van der Waals surface area contributed by atoms with Gasteiger partial charge in [-0.3, -0.25) is 9.59 Å². The number of amides is 2. The minimum atomic E-state index is -0.573. The van der Waals surface area contributed by atoms with Crippen LogP contribution in [0.3, 0.4) is 0 Å². The predicted octanol–water partition coefficient (Wildman–Crippen LogP) is 2.22. The molecule has 2 amide bonds. The number of hydrogen-bond donors (Lipinski definition) is 1. The van der Waals surface area contributed by atoms with E-state index in [4.69, 9.17) is 0 Å². The summed E-state index contributed by atoms with van der Waals surface area (Å²) in [6.45, 7) is 1.34. The van der Waals surface area contributed by atoms with Gasteiger partial charge in [-0.25, -0.2) is 4.68 Å². The number of likely N-dealkylation sites (tertiary alicyclic amines) is 1. The summed E-state index contributed by atoms with van der Waals surface area (Å²) in [5.74, 6) is -0.0170. The van der Waals surface area contributed by atoms with E-state index in [0.29, 0.717) is 25.1 Å². The molecule has 0 saturated carbocycles. The van der Waals surface area contributed by atoms with Gasteiger partial charge in [0.2, 0.25) is 11.8 Å². The Morgan fingerprint density at radius 2 is 1.93 bits per heavy atom. The normalized spacial score (nSPS) is 14.8. The van der Waals surface area contributed by atoms with E-state index < -0.39 is 6.04 Å². The molecule has 0 bridgehead atoms. The lowest BCUT2D eigenvalue weighted by molar-refractivity contribution is -0.128. The number of carbonyl (C=O) groups is 2. The first-order valence-corrected chi connectivity index (χ1v) is 9.63. The highest BCUT2D eigenvalue weighted by Crippen LogP contribution is 2.19. The Morgan fingerprint density at radius 3 is 2.66 bits per heavy atom. The molecule has 1 N–H and O–H groups in total. The number of nitrogens with one attached hydrogen (secondary N) is 1. The summed E-state index contributed by atoms with van der Waals surface area (Å²) in [5, 5.41) is 14.2. The highest BCUT2D eigenvalue weighted by molar-refractivity contribution is 5.93. The molecular formula is C21H22N6O2. The second kappa shape index (κ2) is 8.64. The Kier molecular flexibility index (Phi) is 5.60. The third kappa shape index (κ3) is 4.66. The van der Waals surface area contributed by atoms with E-state index >= 15 is 0 Å². The minimum absolute atomic E-state index is 0.182. The summed E-state index contributed by atoms with van der Waals surface area (Å²) < 4.78 is 1.47. The van der Waals surface area contributed by atoms with Crippen LogP contribution in [-0.2, 0) is 22.6 Å². The fourth-order valence-electron chi connectivity index (χ4n) is 3.52. The molecule has 4 rings (SSSR count). The van der Waals surface area contributed by atoms with Crippen molar-refractivity contribution in [3.63, 3.8) is 0 Å². The summed E-state index contributed by atoms with van der Waals surface area (Å²) in [5.41, 5.74) is 2.69.